The van der Waals surface area contributed by atoms with Crippen molar-refractivity contribution in [2.24, 2.45) is 0 Å². The van der Waals surface area contributed by atoms with Crippen LogP contribution < -0.4 is 5.32 Å². The van der Waals surface area contributed by atoms with Gasteiger partial charge in [0.25, 0.3) is 0 Å². The van der Waals surface area contributed by atoms with Crippen LogP contribution in [0.1, 0.15) is 36.7 Å². The average molecular weight is 375 g/mol. The Labute approximate surface area is 157 Å². The maximum absolute atomic E-state index is 12.8. The first-order valence-corrected chi connectivity index (χ1v) is 9.25. The molecule has 0 fully saturated rings. The standard InChI is InChI=1S/C21H24F3N3/c1-3-20-26-18-10-9-15(2)13-19(18)27(20)12-5-4-11-25-17-8-6-7-16(14-17)21(22,23)24/h6-10,13-14,25H,3-5,11-12H2,1-2H3. The summed E-state index contributed by atoms with van der Waals surface area (Å²) in [6, 6.07) is 11.6. The molecule has 1 heterocycles. The van der Waals surface area contributed by atoms with Crippen molar-refractivity contribution >= 4 is 16.7 Å². The second kappa shape index (κ2) is 8.03. The second-order valence-electron chi connectivity index (χ2n) is 6.74. The molecule has 1 N–H and O–H groups in total. The fourth-order valence-electron chi connectivity index (χ4n) is 3.24. The van der Waals surface area contributed by atoms with Crippen LogP contribution in [0.3, 0.4) is 0 Å². The van der Waals surface area contributed by atoms with Crippen LogP contribution in [0.2, 0.25) is 0 Å². The van der Waals surface area contributed by atoms with Crippen LogP contribution in [-0.4, -0.2) is 16.1 Å². The predicted molar refractivity (Wildman–Crippen MR) is 103 cm³/mol. The maximum Gasteiger partial charge on any atom is 0.416 e. The Balaban J connectivity index is 1.57. The molecule has 0 saturated carbocycles. The van der Waals surface area contributed by atoms with Gasteiger partial charge in [0.1, 0.15) is 5.82 Å². The van der Waals surface area contributed by atoms with Crippen molar-refractivity contribution in [1.29, 1.82) is 0 Å². The molecule has 0 radical (unpaired) electrons. The van der Waals surface area contributed by atoms with Gasteiger partial charge in [-0.2, -0.15) is 13.2 Å². The summed E-state index contributed by atoms with van der Waals surface area (Å²) in [6.45, 7) is 5.66. The first-order valence-electron chi connectivity index (χ1n) is 9.25. The number of benzene rings is 2. The van der Waals surface area contributed by atoms with Gasteiger partial charge in [0.2, 0.25) is 0 Å². The van der Waals surface area contributed by atoms with E-state index in [2.05, 4.69) is 41.9 Å². The number of fused-ring (bicyclic) bond motifs is 1. The molecule has 0 aliphatic carbocycles. The van der Waals surface area contributed by atoms with Gasteiger partial charge in [0, 0.05) is 25.2 Å². The molecule has 0 aliphatic heterocycles. The number of aromatic nitrogens is 2. The summed E-state index contributed by atoms with van der Waals surface area (Å²) in [5, 5.41) is 3.09. The molecule has 3 rings (SSSR count). The van der Waals surface area contributed by atoms with Crippen molar-refractivity contribution in [3.63, 3.8) is 0 Å². The van der Waals surface area contributed by atoms with Crippen molar-refractivity contribution in [2.45, 2.75) is 45.8 Å². The minimum atomic E-state index is -4.31. The highest BCUT2D eigenvalue weighted by Gasteiger charge is 2.30. The number of rotatable bonds is 7. The fourth-order valence-corrected chi connectivity index (χ4v) is 3.24. The van der Waals surface area contributed by atoms with Gasteiger partial charge in [-0.15, -0.1) is 0 Å². The van der Waals surface area contributed by atoms with Gasteiger partial charge < -0.3 is 9.88 Å². The molecule has 0 atom stereocenters. The Morgan fingerprint density at radius 3 is 2.63 bits per heavy atom. The average Bonchev–Trinajstić information content (AvgIpc) is 2.98. The van der Waals surface area contributed by atoms with Crippen LogP contribution in [0, 0.1) is 6.92 Å². The topological polar surface area (TPSA) is 29.9 Å². The van der Waals surface area contributed by atoms with E-state index in [1.165, 1.54) is 11.6 Å². The van der Waals surface area contributed by atoms with Gasteiger partial charge in [-0.3, -0.25) is 0 Å². The molecule has 3 nitrogen and oxygen atoms in total. The molecule has 3 aromatic rings. The van der Waals surface area contributed by atoms with Gasteiger partial charge in [0.05, 0.1) is 16.6 Å². The smallest absolute Gasteiger partial charge is 0.385 e. The predicted octanol–water partition coefficient (Wildman–Crippen LogP) is 5.82. The normalized spacial score (nSPS) is 11.9. The lowest BCUT2D eigenvalue weighted by Crippen LogP contribution is -2.08. The zero-order valence-electron chi connectivity index (χ0n) is 15.6. The van der Waals surface area contributed by atoms with Gasteiger partial charge in [0.15, 0.2) is 0 Å². The first-order chi connectivity index (χ1) is 12.9. The molecule has 0 unspecified atom stereocenters. The number of halogens is 3. The lowest BCUT2D eigenvalue weighted by atomic mass is 10.2. The summed E-state index contributed by atoms with van der Waals surface area (Å²) in [6.07, 6.45) is -1.64. The summed E-state index contributed by atoms with van der Waals surface area (Å²) in [5.41, 5.74) is 3.25. The first kappa shape index (κ1) is 19.3. The van der Waals surface area contributed by atoms with Crippen LogP contribution in [-0.2, 0) is 19.1 Å². The van der Waals surface area contributed by atoms with Gasteiger partial charge in [-0.05, 0) is 55.7 Å². The molecular weight excluding hydrogens is 351 g/mol. The molecule has 2 aromatic carbocycles. The van der Waals surface area contributed by atoms with E-state index in [4.69, 9.17) is 4.98 Å². The zero-order valence-corrected chi connectivity index (χ0v) is 15.6. The number of aryl methyl sites for hydroxylation is 3. The second-order valence-corrected chi connectivity index (χ2v) is 6.74. The Morgan fingerprint density at radius 2 is 1.89 bits per heavy atom. The highest BCUT2D eigenvalue weighted by molar-refractivity contribution is 5.76. The largest absolute Gasteiger partial charge is 0.416 e. The summed E-state index contributed by atoms with van der Waals surface area (Å²) in [7, 11) is 0. The molecule has 0 aliphatic rings. The fraction of sp³-hybridized carbons (Fsp3) is 0.381. The highest BCUT2D eigenvalue weighted by Crippen LogP contribution is 2.30. The number of nitrogens with zero attached hydrogens (tertiary/aromatic N) is 2. The molecule has 6 heteroatoms. The van der Waals surface area contributed by atoms with Crippen molar-refractivity contribution < 1.29 is 13.2 Å². The minimum absolute atomic E-state index is 0.503. The minimum Gasteiger partial charge on any atom is -0.385 e. The van der Waals surface area contributed by atoms with E-state index in [-0.39, 0.29) is 0 Å². The molecule has 0 amide bonds. The Bertz CT molecular complexity index is 913. The van der Waals surface area contributed by atoms with E-state index >= 15 is 0 Å². The number of alkyl halides is 3. The number of nitrogens with one attached hydrogen (secondary N) is 1. The lowest BCUT2D eigenvalue weighted by molar-refractivity contribution is -0.137. The number of hydrogen-bond acceptors (Lipinski definition) is 2. The lowest BCUT2D eigenvalue weighted by Gasteiger charge is -2.11. The van der Waals surface area contributed by atoms with E-state index < -0.39 is 11.7 Å². The van der Waals surface area contributed by atoms with Crippen molar-refractivity contribution in [3.8, 4) is 0 Å². The molecule has 0 spiro atoms. The van der Waals surface area contributed by atoms with E-state index in [1.807, 2.05) is 0 Å². The number of anilines is 1. The van der Waals surface area contributed by atoms with Gasteiger partial charge in [-0.25, -0.2) is 4.98 Å². The van der Waals surface area contributed by atoms with E-state index in [0.29, 0.717) is 12.2 Å². The Kier molecular flexibility index (Phi) is 5.73. The van der Waals surface area contributed by atoms with Crippen LogP contribution >= 0.6 is 0 Å². The molecule has 0 bridgehead atoms. The summed E-state index contributed by atoms with van der Waals surface area (Å²) in [4.78, 5) is 4.69. The Morgan fingerprint density at radius 1 is 1.07 bits per heavy atom. The van der Waals surface area contributed by atoms with Crippen LogP contribution in [0.5, 0.6) is 0 Å². The van der Waals surface area contributed by atoms with E-state index in [0.717, 1.165) is 54.8 Å². The number of hydrogen-bond donors (Lipinski definition) is 1. The SMILES string of the molecule is CCc1nc2ccc(C)cc2n1CCCCNc1cccc(C(F)(F)F)c1. The Hall–Kier alpha value is -2.50. The monoisotopic (exact) mass is 375 g/mol. The van der Waals surface area contributed by atoms with Crippen molar-refractivity contribution in [3.05, 3.63) is 59.4 Å². The summed E-state index contributed by atoms with van der Waals surface area (Å²) < 4.78 is 40.5. The molecule has 27 heavy (non-hydrogen) atoms. The summed E-state index contributed by atoms with van der Waals surface area (Å²) in [5.74, 6) is 1.07. The maximum atomic E-state index is 12.8. The van der Waals surface area contributed by atoms with Gasteiger partial charge >= 0.3 is 6.18 Å². The van der Waals surface area contributed by atoms with E-state index in [9.17, 15) is 13.2 Å². The molecule has 0 saturated heterocycles. The molecule has 144 valence electrons. The van der Waals surface area contributed by atoms with Crippen molar-refractivity contribution in [1.82, 2.24) is 9.55 Å². The third-order valence-corrected chi connectivity index (χ3v) is 4.63. The van der Waals surface area contributed by atoms with E-state index in [1.54, 1.807) is 6.07 Å². The third-order valence-electron chi connectivity index (χ3n) is 4.63. The molecular formula is C21H24F3N3. The highest BCUT2D eigenvalue weighted by atomic mass is 19.4. The quantitative estimate of drug-likeness (QED) is 0.528. The van der Waals surface area contributed by atoms with Crippen molar-refractivity contribution in [2.75, 3.05) is 11.9 Å². The number of unbranched alkanes of at least 4 members (excludes halogenated alkanes) is 1. The van der Waals surface area contributed by atoms with Crippen LogP contribution in [0.4, 0.5) is 18.9 Å². The summed E-state index contributed by atoms with van der Waals surface area (Å²) >= 11 is 0. The number of imidazole rings is 1. The molecule has 1 aromatic heterocycles. The zero-order chi connectivity index (χ0) is 19.4. The van der Waals surface area contributed by atoms with Crippen LogP contribution in [0.25, 0.3) is 11.0 Å². The van der Waals surface area contributed by atoms with Crippen LogP contribution in [0.15, 0.2) is 42.5 Å². The third kappa shape index (κ3) is 4.62. The van der Waals surface area contributed by atoms with Gasteiger partial charge in [-0.1, -0.05) is 19.1 Å².